The van der Waals surface area contributed by atoms with E-state index >= 15 is 0 Å². The summed E-state index contributed by atoms with van der Waals surface area (Å²) in [6, 6.07) is 7.11. The van der Waals surface area contributed by atoms with Crippen LogP contribution in [0.25, 0.3) is 0 Å². The normalized spacial score (nSPS) is 20.2. The Balaban J connectivity index is 1.81. The largest absolute Gasteiger partial charge is 0.488 e. The van der Waals surface area contributed by atoms with Crippen LogP contribution in [0.2, 0.25) is 0 Å². The van der Waals surface area contributed by atoms with Gasteiger partial charge < -0.3 is 9.47 Å². The van der Waals surface area contributed by atoms with E-state index < -0.39 is 12.1 Å². The van der Waals surface area contributed by atoms with E-state index in [0.717, 1.165) is 5.75 Å². The van der Waals surface area contributed by atoms with Gasteiger partial charge in [0, 0.05) is 13.1 Å². The Bertz CT molecular complexity index is 480. The van der Waals surface area contributed by atoms with Crippen LogP contribution in [0.3, 0.4) is 0 Å². The van der Waals surface area contributed by atoms with Crippen LogP contribution < -0.4 is 9.47 Å². The quantitative estimate of drug-likeness (QED) is 0.835. The highest BCUT2D eigenvalue weighted by Crippen LogP contribution is 2.33. The van der Waals surface area contributed by atoms with Gasteiger partial charge in [-0.05, 0) is 51.5 Å². The average molecular weight is 317 g/mol. The van der Waals surface area contributed by atoms with Gasteiger partial charge in [-0.15, -0.1) is 0 Å². The number of ether oxygens (including phenoxy) is 2. The summed E-state index contributed by atoms with van der Waals surface area (Å²) in [4.78, 5) is 1.68. The molecule has 0 saturated carbocycles. The average Bonchev–Trinajstić information content (AvgIpc) is 2.85. The summed E-state index contributed by atoms with van der Waals surface area (Å²) in [6.07, 6.45) is -3.97. The summed E-state index contributed by atoms with van der Waals surface area (Å²) in [5, 5.41) is 0. The number of hydrogen-bond donors (Lipinski definition) is 0. The Hall–Kier alpha value is -1.43. The summed E-state index contributed by atoms with van der Waals surface area (Å²) >= 11 is 0. The molecular formula is C16H22F3NO2. The topological polar surface area (TPSA) is 21.7 Å². The van der Waals surface area contributed by atoms with Gasteiger partial charge in [0.1, 0.15) is 23.8 Å². The molecule has 0 aromatic heterocycles. The lowest BCUT2D eigenvalue weighted by Crippen LogP contribution is -2.30. The number of likely N-dealkylation sites (tertiary alicyclic amines) is 1. The minimum atomic E-state index is -4.11. The van der Waals surface area contributed by atoms with E-state index in [-0.39, 0.29) is 25.3 Å². The monoisotopic (exact) mass is 317 g/mol. The molecule has 0 aliphatic carbocycles. The fourth-order valence-electron chi connectivity index (χ4n) is 2.34. The molecule has 0 radical (unpaired) electrons. The highest BCUT2D eigenvalue weighted by molar-refractivity contribution is 5.31. The fourth-order valence-corrected chi connectivity index (χ4v) is 2.34. The highest BCUT2D eigenvalue weighted by atomic mass is 19.4. The van der Waals surface area contributed by atoms with Crippen molar-refractivity contribution in [1.82, 2.24) is 4.90 Å². The fraction of sp³-hybridized carbons (Fsp3) is 0.625. The van der Waals surface area contributed by atoms with Crippen LogP contribution in [0.5, 0.6) is 11.5 Å². The zero-order valence-corrected chi connectivity index (χ0v) is 13.1. The first-order valence-corrected chi connectivity index (χ1v) is 7.34. The van der Waals surface area contributed by atoms with Gasteiger partial charge in [-0.25, -0.2) is 0 Å². The van der Waals surface area contributed by atoms with E-state index in [2.05, 4.69) is 0 Å². The second kappa shape index (κ2) is 6.36. The molecule has 1 aliphatic heterocycles. The number of benzene rings is 1. The number of nitrogens with zero attached hydrogens (tertiary/aromatic N) is 1. The van der Waals surface area contributed by atoms with Gasteiger partial charge in [0.05, 0.1) is 5.92 Å². The smallest absolute Gasteiger partial charge is 0.393 e. The maximum absolute atomic E-state index is 12.6. The van der Waals surface area contributed by atoms with Crippen molar-refractivity contribution in [3.05, 3.63) is 24.3 Å². The molecule has 22 heavy (non-hydrogen) atoms. The predicted octanol–water partition coefficient (Wildman–Crippen LogP) is 4.08. The van der Waals surface area contributed by atoms with Crippen molar-refractivity contribution in [2.24, 2.45) is 5.92 Å². The lowest BCUT2D eigenvalue weighted by Gasteiger charge is -2.21. The van der Waals surface area contributed by atoms with E-state index in [0.29, 0.717) is 12.3 Å². The zero-order valence-electron chi connectivity index (χ0n) is 13.1. The highest BCUT2D eigenvalue weighted by Gasteiger charge is 2.43. The maximum atomic E-state index is 12.6. The molecule has 1 aromatic rings. The van der Waals surface area contributed by atoms with Gasteiger partial charge in [-0.2, -0.15) is 13.2 Å². The Kier molecular flexibility index (Phi) is 4.90. The molecule has 0 unspecified atom stereocenters. The standard InChI is InChI=1S/C16H22F3NO2/c1-15(2,3)22-14-6-4-13(5-7-14)21-11-20-9-8-12(10-20)16(17,18)19/h4-7,12H,8-11H2,1-3H3/t12-/m1/s1. The lowest BCUT2D eigenvalue weighted by molar-refractivity contribution is -0.171. The van der Waals surface area contributed by atoms with Crippen molar-refractivity contribution in [2.75, 3.05) is 19.8 Å². The van der Waals surface area contributed by atoms with Crippen molar-refractivity contribution in [1.29, 1.82) is 0 Å². The molecule has 124 valence electrons. The maximum Gasteiger partial charge on any atom is 0.393 e. The Labute approximate surface area is 129 Å². The predicted molar refractivity (Wildman–Crippen MR) is 78.1 cm³/mol. The second-order valence-electron chi connectivity index (χ2n) is 6.56. The minimum Gasteiger partial charge on any atom is -0.488 e. The number of alkyl halides is 3. The van der Waals surface area contributed by atoms with Gasteiger partial charge in [0.2, 0.25) is 0 Å². The Morgan fingerprint density at radius 2 is 1.68 bits per heavy atom. The Morgan fingerprint density at radius 3 is 2.18 bits per heavy atom. The van der Waals surface area contributed by atoms with Crippen LogP contribution in [0.15, 0.2) is 24.3 Å². The third-order valence-corrected chi connectivity index (χ3v) is 3.40. The van der Waals surface area contributed by atoms with Crippen molar-refractivity contribution in [3.63, 3.8) is 0 Å². The van der Waals surface area contributed by atoms with E-state index in [4.69, 9.17) is 9.47 Å². The lowest BCUT2D eigenvalue weighted by atomic mass is 10.1. The van der Waals surface area contributed by atoms with E-state index in [1.54, 1.807) is 29.2 Å². The summed E-state index contributed by atoms with van der Waals surface area (Å²) in [6.45, 7) is 6.47. The molecule has 0 amide bonds. The molecule has 1 atom stereocenters. The van der Waals surface area contributed by atoms with Crippen LogP contribution in [-0.4, -0.2) is 36.5 Å². The summed E-state index contributed by atoms with van der Waals surface area (Å²) < 4.78 is 49.0. The molecule has 1 fully saturated rings. The van der Waals surface area contributed by atoms with Crippen LogP contribution in [-0.2, 0) is 0 Å². The van der Waals surface area contributed by atoms with Gasteiger partial charge in [-0.1, -0.05) is 0 Å². The molecule has 0 bridgehead atoms. The summed E-state index contributed by atoms with van der Waals surface area (Å²) in [5.74, 6) is 0.119. The molecule has 3 nitrogen and oxygen atoms in total. The first-order chi connectivity index (χ1) is 10.1. The van der Waals surface area contributed by atoms with E-state index in [1.165, 1.54) is 0 Å². The van der Waals surface area contributed by atoms with Gasteiger partial charge in [0.15, 0.2) is 0 Å². The number of rotatable bonds is 4. The molecule has 1 heterocycles. The third-order valence-electron chi connectivity index (χ3n) is 3.40. The third kappa shape index (κ3) is 5.09. The van der Waals surface area contributed by atoms with Crippen molar-refractivity contribution >= 4 is 0 Å². The van der Waals surface area contributed by atoms with E-state index in [9.17, 15) is 13.2 Å². The van der Waals surface area contributed by atoms with Crippen molar-refractivity contribution in [3.8, 4) is 11.5 Å². The molecular weight excluding hydrogens is 295 g/mol. The van der Waals surface area contributed by atoms with Gasteiger partial charge in [-0.3, -0.25) is 4.90 Å². The molecule has 0 spiro atoms. The number of hydrogen-bond acceptors (Lipinski definition) is 3. The molecule has 1 saturated heterocycles. The van der Waals surface area contributed by atoms with Crippen LogP contribution in [0.1, 0.15) is 27.2 Å². The molecule has 1 aliphatic rings. The molecule has 1 aromatic carbocycles. The number of halogens is 3. The Morgan fingerprint density at radius 1 is 1.09 bits per heavy atom. The van der Waals surface area contributed by atoms with Crippen LogP contribution in [0, 0.1) is 5.92 Å². The van der Waals surface area contributed by atoms with Crippen molar-refractivity contribution < 1.29 is 22.6 Å². The molecule has 6 heteroatoms. The second-order valence-corrected chi connectivity index (χ2v) is 6.56. The van der Waals surface area contributed by atoms with Gasteiger partial charge >= 0.3 is 6.18 Å². The SMILES string of the molecule is CC(C)(C)Oc1ccc(OCN2CC[C@@H](C(F)(F)F)C2)cc1. The van der Waals surface area contributed by atoms with Gasteiger partial charge in [0.25, 0.3) is 0 Å². The summed E-state index contributed by atoms with van der Waals surface area (Å²) in [5.41, 5.74) is -0.273. The zero-order chi connectivity index (χ0) is 16.4. The van der Waals surface area contributed by atoms with Crippen LogP contribution >= 0.6 is 0 Å². The molecule has 2 rings (SSSR count). The summed E-state index contributed by atoms with van der Waals surface area (Å²) in [7, 11) is 0. The van der Waals surface area contributed by atoms with E-state index in [1.807, 2.05) is 20.8 Å². The molecule has 0 N–H and O–H groups in total. The first kappa shape index (κ1) is 16.9. The minimum absolute atomic E-state index is 0.00865. The van der Waals surface area contributed by atoms with Crippen molar-refractivity contribution in [2.45, 2.75) is 39.0 Å². The van der Waals surface area contributed by atoms with Crippen LogP contribution in [0.4, 0.5) is 13.2 Å². The first-order valence-electron chi connectivity index (χ1n) is 7.34.